The molecule has 3 aromatic heterocycles. The lowest BCUT2D eigenvalue weighted by atomic mass is 10.1. The van der Waals surface area contributed by atoms with Crippen molar-refractivity contribution in [1.82, 2.24) is 29.9 Å². The van der Waals surface area contributed by atoms with Crippen molar-refractivity contribution >= 4 is 17.4 Å². The van der Waals surface area contributed by atoms with E-state index in [2.05, 4.69) is 35.4 Å². The van der Waals surface area contributed by atoms with Crippen LogP contribution in [0.2, 0.25) is 0 Å². The molecule has 4 heterocycles. The second-order valence-corrected chi connectivity index (χ2v) is 9.17. The van der Waals surface area contributed by atoms with Crippen molar-refractivity contribution in [2.45, 2.75) is 6.18 Å². The van der Waals surface area contributed by atoms with Gasteiger partial charge in [-0.05, 0) is 48.5 Å². The SMILES string of the molecule is COCCN1CCN(c2cccc(C(=O)Nc3ccc(-n4nc(-c5cccnc5)cc4C(F)(F)F)nn3)c2)CC1. The third-order valence-corrected chi connectivity index (χ3v) is 6.52. The average molecular weight is 553 g/mol. The van der Waals surface area contributed by atoms with Crippen LogP contribution in [0.5, 0.6) is 0 Å². The van der Waals surface area contributed by atoms with Crippen molar-refractivity contribution in [1.29, 1.82) is 0 Å². The molecule has 10 nitrogen and oxygen atoms in total. The molecule has 1 amide bonds. The van der Waals surface area contributed by atoms with Crippen molar-refractivity contribution in [2.75, 3.05) is 56.7 Å². The molecule has 0 saturated carbocycles. The number of benzene rings is 1. The van der Waals surface area contributed by atoms with E-state index in [1.54, 1.807) is 31.4 Å². The number of rotatable bonds is 8. The number of alkyl halides is 3. The molecule has 208 valence electrons. The van der Waals surface area contributed by atoms with E-state index in [0.29, 0.717) is 22.4 Å². The summed E-state index contributed by atoms with van der Waals surface area (Å²) in [7, 11) is 1.69. The summed E-state index contributed by atoms with van der Waals surface area (Å²) in [6, 6.07) is 14.1. The molecule has 0 aliphatic carbocycles. The molecular weight excluding hydrogens is 525 g/mol. The van der Waals surface area contributed by atoms with Crippen LogP contribution in [-0.4, -0.2) is 82.2 Å². The number of hydrogen-bond donors (Lipinski definition) is 1. The largest absolute Gasteiger partial charge is 0.433 e. The summed E-state index contributed by atoms with van der Waals surface area (Å²) < 4.78 is 47.1. The van der Waals surface area contributed by atoms with Crippen molar-refractivity contribution in [3.63, 3.8) is 0 Å². The molecule has 1 aromatic carbocycles. The van der Waals surface area contributed by atoms with Gasteiger partial charge in [0.15, 0.2) is 17.3 Å². The number of carbonyl (C=O) groups is 1. The normalized spacial score (nSPS) is 14.3. The van der Waals surface area contributed by atoms with Gasteiger partial charge in [-0.25, -0.2) is 4.68 Å². The van der Waals surface area contributed by atoms with Gasteiger partial charge in [0, 0.05) is 69.0 Å². The maximum absolute atomic E-state index is 13.7. The number of amides is 1. The fraction of sp³-hybridized carbons (Fsp3) is 0.296. The average Bonchev–Trinajstić information content (AvgIpc) is 3.44. The van der Waals surface area contributed by atoms with Gasteiger partial charge in [-0.15, -0.1) is 10.2 Å². The van der Waals surface area contributed by atoms with Crippen molar-refractivity contribution in [3.05, 3.63) is 78.2 Å². The molecule has 40 heavy (non-hydrogen) atoms. The number of hydrogen-bond acceptors (Lipinski definition) is 8. The molecule has 1 fully saturated rings. The second kappa shape index (κ2) is 11.8. The standard InChI is InChI=1S/C27H27F3N8O2/c1-40-15-14-36-10-12-37(13-11-36)21-6-2-4-19(16-21)26(39)32-24-7-8-25(34-33-24)38-23(27(28,29)30)17-22(35-38)20-5-3-9-31-18-20/h2-9,16-18H,10-15H2,1H3,(H,32,33,39). The van der Waals surface area contributed by atoms with Crippen LogP contribution >= 0.6 is 0 Å². The number of carbonyl (C=O) groups excluding carboxylic acids is 1. The molecule has 5 rings (SSSR count). The lowest BCUT2D eigenvalue weighted by Crippen LogP contribution is -2.47. The number of anilines is 2. The van der Waals surface area contributed by atoms with Gasteiger partial charge < -0.3 is 15.0 Å². The van der Waals surface area contributed by atoms with Crippen molar-refractivity contribution < 1.29 is 22.7 Å². The molecule has 1 N–H and O–H groups in total. The van der Waals surface area contributed by atoms with Crippen LogP contribution in [0.4, 0.5) is 24.7 Å². The first kappa shape index (κ1) is 27.2. The number of halogens is 3. The first-order valence-corrected chi connectivity index (χ1v) is 12.6. The molecule has 0 atom stereocenters. The third-order valence-electron chi connectivity index (χ3n) is 6.52. The summed E-state index contributed by atoms with van der Waals surface area (Å²) in [4.78, 5) is 21.4. The van der Waals surface area contributed by atoms with E-state index in [1.807, 2.05) is 12.1 Å². The summed E-state index contributed by atoms with van der Waals surface area (Å²) in [5.41, 5.74) is 0.879. The summed E-state index contributed by atoms with van der Waals surface area (Å²) >= 11 is 0. The highest BCUT2D eigenvalue weighted by Gasteiger charge is 2.37. The van der Waals surface area contributed by atoms with Crippen molar-refractivity contribution in [3.8, 4) is 17.1 Å². The molecule has 0 bridgehead atoms. The fourth-order valence-corrected chi connectivity index (χ4v) is 4.40. The van der Waals surface area contributed by atoms with Gasteiger partial charge in [-0.2, -0.15) is 18.3 Å². The maximum atomic E-state index is 13.7. The van der Waals surface area contributed by atoms with Gasteiger partial charge in [0.05, 0.1) is 12.3 Å². The number of nitrogens with one attached hydrogen (secondary N) is 1. The van der Waals surface area contributed by atoms with Crippen molar-refractivity contribution in [2.24, 2.45) is 0 Å². The van der Waals surface area contributed by atoms with E-state index in [1.165, 1.54) is 24.5 Å². The Kier molecular flexibility index (Phi) is 8.03. The molecule has 0 spiro atoms. The Balaban J connectivity index is 1.28. The third kappa shape index (κ3) is 6.26. The fourth-order valence-electron chi connectivity index (χ4n) is 4.40. The Labute approximate surface area is 228 Å². The molecule has 1 aliphatic rings. The lowest BCUT2D eigenvalue weighted by Gasteiger charge is -2.36. The summed E-state index contributed by atoms with van der Waals surface area (Å²) in [5.74, 6) is -0.456. The Bertz CT molecular complexity index is 1440. The smallest absolute Gasteiger partial charge is 0.383 e. The highest BCUT2D eigenvalue weighted by atomic mass is 19.4. The molecule has 1 aliphatic heterocycles. The first-order chi connectivity index (χ1) is 19.3. The maximum Gasteiger partial charge on any atom is 0.433 e. The predicted octanol–water partition coefficient (Wildman–Crippen LogP) is 3.76. The van der Waals surface area contributed by atoms with E-state index in [-0.39, 0.29) is 17.3 Å². The molecule has 1 saturated heterocycles. The molecule has 13 heteroatoms. The zero-order valence-corrected chi connectivity index (χ0v) is 21.7. The van der Waals surface area contributed by atoms with Gasteiger partial charge in [-0.1, -0.05) is 6.07 Å². The first-order valence-electron chi connectivity index (χ1n) is 12.6. The number of piperazine rings is 1. The Morgan fingerprint density at radius 2 is 1.85 bits per heavy atom. The monoisotopic (exact) mass is 552 g/mol. The topological polar surface area (TPSA) is 101 Å². The van der Waals surface area contributed by atoms with Gasteiger partial charge in [-0.3, -0.25) is 14.7 Å². The van der Waals surface area contributed by atoms with Gasteiger partial charge >= 0.3 is 6.18 Å². The predicted molar refractivity (Wildman–Crippen MR) is 142 cm³/mol. The minimum atomic E-state index is -4.68. The summed E-state index contributed by atoms with van der Waals surface area (Å²) in [5, 5.41) is 14.6. The number of nitrogens with zero attached hydrogens (tertiary/aromatic N) is 7. The van der Waals surface area contributed by atoms with E-state index >= 15 is 0 Å². The Morgan fingerprint density at radius 1 is 1.02 bits per heavy atom. The van der Waals surface area contributed by atoms with Gasteiger partial charge in [0.1, 0.15) is 0 Å². The van der Waals surface area contributed by atoms with Gasteiger partial charge in [0.25, 0.3) is 5.91 Å². The number of pyridine rings is 1. The highest BCUT2D eigenvalue weighted by Crippen LogP contribution is 2.33. The van der Waals surface area contributed by atoms with Crippen LogP contribution in [0, 0.1) is 0 Å². The van der Waals surface area contributed by atoms with Gasteiger partial charge in [0.2, 0.25) is 0 Å². The van der Waals surface area contributed by atoms with E-state index in [9.17, 15) is 18.0 Å². The Hall–Kier alpha value is -4.36. The quantitative estimate of drug-likeness (QED) is 0.353. The molecule has 0 unspecified atom stereocenters. The number of ether oxygens (including phenoxy) is 1. The van der Waals surface area contributed by atoms with Crippen LogP contribution in [0.15, 0.2) is 67.0 Å². The van der Waals surface area contributed by atoms with E-state index in [0.717, 1.165) is 44.5 Å². The minimum Gasteiger partial charge on any atom is -0.383 e. The molecular formula is C27H27F3N8O2. The summed E-state index contributed by atoms with van der Waals surface area (Å²) in [6.07, 6.45) is -1.73. The van der Waals surface area contributed by atoms with E-state index < -0.39 is 17.8 Å². The van der Waals surface area contributed by atoms with Crippen LogP contribution < -0.4 is 10.2 Å². The van der Waals surface area contributed by atoms with Crippen LogP contribution in [0.25, 0.3) is 17.1 Å². The van der Waals surface area contributed by atoms with Crippen LogP contribution in [0.3, 0.4) is 0 Å². The molecule has 4 aromatic rings. The number of aromatic nitrogens is 5. The van der Waals surface area contributed by atoms with E-state index in [4.69, 9.17) is 4.74 Å². The van der Waals surface area contributed by atoms with Crippen LogP contribution in [-0.2, 0) is 10.9 Å². The minimum absolute atomic E-state index is 0.0934. The zero-order chi connectivity index (χ0) is 28.1. The second-order valence-electron chi connectivity index (χ2n) is 9.17. The zero-order valence-electron chi connectivity index (χ0n) is 21.7. The highest BCUT2D eigenvalue weighted by molar-refractivity contribution is 6.04. The molecule has 0 radical (unpaired) electrons. The Morgan fingerprint density at radius 3 is 2.52 bits per heavy atom. The van der Waals surface area contributed by atoms with Crippen LogP contribution in [0.1, 0.15) is 16.1 Å². The summed E-state index contributed by atoms with van der Waals surface area (Å²) in [6.45, 7) is 5.04. The lowest BCUT2D eigenvalue weighted by molar-refractivity contribution is -0.142. The number of methoxy groups -OCH3 is 1.